The van der Waals surface area contributed by atoms with Crippen LogP contribution < -0.4 is 10.6 Å². The Morgan fingerprint density at radius 2 is 2.24 bits per heavy atom. The van der Waals surface area contributed by atoms with Gasteiger partial charge in [-0.15, -0.1) is 0 Å². The first-order valence-electron chi connectivity index (χ1n) is 5.06. The first-order valence-corrected chi connectivity index (χ1v) is 5.06. The van der Waals surface area contributed by atoms with Crippen molar-refractivity contribution in [3.63, 3.8) is 0 Å². The van der Waals surface area contributed by atoms with Crippen molar-refractivity contribution in [2.75, 3.05) is 14.1 Å². The summed E-state index contributed by atoms with van der Waals surface area (Å²) in [5.74, 6) is -0.342. The molecule has 6 heteroatoms. The summed E-state index contributed by atoms with van der Waals surface area (Å²) in [6.45, 7) is 0. The zero-order valence-corrected chi connectivity index (χ0v) is 9.64. The minimum absolute atomic E-state index is 0.0794. The molecule has 0 saturated carbocycles. The van der Waals surface area contributed by atoms with Crippen molar-refractivity contribution >= 4 is 17.7 Å². The van der Waals surface area contributed by atoms with Crippen molar-refractivity contribution in [1.82, 2.24) is 5.32 Å². The number of nitro benzene ring substituents is 1. The number of amides is 1. The molecule has 0 saturated heterocycles. The van der Waals surface area contributed by atoms with E-state index in [1.807, 2.05) is 7.05 Å². The van der Waals surface area contributed by atoms with Gasteiger partial charge in [0.1, 0.15) is 0 Å². The van der Waals surface area contributed by atoms with E-state index in [0.717, 1.165) is 0 Å². The molecular formula is C11H14N3O3+. The Morgan fingerprint density at radius 1 is 1.53 bits per heavy atom. The van der Waals surface area contributed by atoms with Gasteiger partial charge in [-0.1, -0.05) is 0 Å². The molecule has 0 aliphatic heterocycles. The number of nitrogens with zero attached hydrogens (tertiary/aromatic N) is 1. The number of rotatable bonds is 4. The third-order valence-corrected chi connectivity index (χ3v) is 2.18. The van der Waals surface area contributed by atoms with E-state index in [1.54, 1.807) is 29.7 Å². The summed E-state index contributed by atoms with van der Waals surface area (Å²) >= 11 is 0. The summed E-state index contributed by atoms with van der Waals surface area (Å²) in [6, 6.07) is 4.39. The molecule has 1 aromatic rings. The summed E-state index contributed by atoms with van der Waals surface area (Å²) in [5, 5.41) is 15.1. The number of carbonyl (C=O) groups is 1. The van der Waals surface area contributed by atoms with E-state index in [-0.39, 0.29) is 17.2 Å². The predicted octanol–water partition coefficient (Wildman–Crippen LogP) is 0.118. The minimum atomic E-state index is -0.498. The highest BCUT2D eigenvalue weighted by atomic mass is 16.6. The molecule has 0 unspecified atom stereocenters. The molecule has 17 heavy (non-hydrogen) atoms. The van der Waals surface area contributed by atoms with Crippen LogP contribution in [0.15, 0.2) is 24.4 Å². The van der Waals surface area contributed by atoms with Crippen LogP contribution in [0.2, 0.25) is 0 Å². The number of hydrogen-bond acceptors (Lipinski definition) is 3. The Bertz CT molecular complexity index is 469. The SMILES string of the molecule is CNC(=O)c1ccc(/C=C/[NH2+]C)c([N+](=O)[O-])c1. The first kappa shape index (κ1) is 12.9. The number of nitro groups is 1. The zero-order chi connectivity index (χ0) is 12.8. The maximum atomic E-state index is 11.4. The lowest BCUT2D eigenvalue weighted by Gasteiger charge is -2.01. The summed E-state index contributed by atoms with van der Waals surface area (Å²) in [5.41, 5.74) is 0.668. The number of benzene rings is 1. The zero-order valence-electron chi connectivity index (χ0n) is 9.64. The largest absolute Gasteiger partial charge is 0.355 e. The lowest BCUT2D eigenvalue weighted by Crippen LogP contribution is -2.72. The van der Waals surface area contributed by atoms with Crippen LogP contribution in [0.4, 0.5) is 5.69 Å². The molecule has 1 rings (SSSR count). The molecule has 6 nitrogen and oxygen atoms in total. The van der Waals surface area contributed by atoms with E-state index in [9.17, 15) is 14.9 Å². The average Bonchev–Trinajstić information content (AvgIpc) is 2.35. The molecule has 1 amide bonds. The van der Waals surface area contributed by atoms with E-state index in [2.05, 4.69) is 5.32 Å². The molecule has 0 aromatic heterocycles. The standard InChI is InChI=1S/C11H13N3O3/c1-12-6-5-8-3-4-9(11(15)13-2)7-10(8)14(16)17/h3-7,12H,1-2H3,(H,13,15)/p+1/b6-5+. The fraction of sp³-hybridized carbons (Fsp3) is 0.182. The van der Waals surface area contributed by atoms with Crippen LogP contribution in [0, 0.1) is 10.1 Å². The van der Waals surface area contributed by atoms with E-state index in [4.69, 9.17) is 0 Å². The van der Waals surface area contributed by atoms with Gasteiger partial charge in [-0.05, 0) is 12.1 Å². The number of nitrogens with one attached hydrogen (secondary N) is 1. The second-order valence-electron chi connectivity index (χ2n) is 3.30. The Balaban J connectivity index is 3.22. The highest BCUT2D eigenvalue weighted by Gasteiger charge is 2.15. The maximum absolute atomic E-state index is 11.4. The van der Waals surface area contributed by atoms with Gasteiger partial charge in [0.2, 0.25) is 0 Å². The van der Waals surface area contributed by atoms with Crippen molar-refractivity contribution < 1.29 is 15.0 Å². The van der Waals surface area contributed by atoms with Gasteiger partial charge in [-0.2, -0.15) is 0 Å². The first-order chi connectivity index (χ1) is 8.10. The van der Waals surface area contributed by atoms with Crippen molar-refractivity contribution in [1.29, 1.82) is 0 Å². The Hall–Kier alpha value is -2.21. The number of carbonyl (C=O) groups excluding carboxylic acids is 1. The molecule has 0 radical (unpaired) electrons. The molecule has 0 fully saturated rings. The minimum Gasteiger partial charge on any atom is -0.355 e. The van der Waals surface area contributed by atoms with Crippen molar-refractivity contribution in [3.05, 3.63) is 45.6 Å². The third kappa shape index (κ3) is 3.12. The van der Waals surface area contributed by atoms with E-state index in [1.165, 1.54) is 13.1 Å². The normalized spacial score (nSPS) is 10.5. The highest BCUT2D eigenvalue weighted by Crippen LogP contribution is 2.21. The second-order valence-corrected chi connectivity index (χ2v) is 3.30. The van der Waals surface area contributed by atoms with Gasteiger partial charge in [0, 0.05) is 24.8 Å². The van der Waals surface area contributed by atoms with Gasteiger partial charge in [0.15, 0.2) is 0 Å². The number of nitrogens with two attached hydrogens (primary N) is 1. The van der Waals surface area contributed by atoms with Gasteiger partial charge in [-0.3, -0.25) is 14.9 Å². The Labute approximate surface area is 98.5 Å². The van der Waals surface area contributed by atoms with Gasteiger partial charge in [0.25, 0.3) is 11.6 Å². The summed E-state index contributed by atoms with van der Waals surface area (Å²) in [7, 11) is 3.30. The summed E-state index contributed by atoms with van der Waals surface area (Å²) in [4.78, 5) is 21.7. The van der Waals surface area contributed by atoms with Gasteiger partial charge < -0.3 is 10.6 Å². The van der Waals surface area contributed by atoms with Crippen LogP contribution in [0.1, 0.15) is 15.9 Å². The number of hydrogen-bond donors (Lipinski definition) is 2. The molecule has 0 aliphatic carbocycles. The van der Waals surface area contributed by atoms with Crippen molar-refractivity contribution in [2.24, 2.45) is 0 Å². The molecule has 90 valence electrons. The predicted molar refractivity (Wildman–Crippen MR) is 63.4 cm³/mol. The molecule has 0 bridgehead atoms. The average molecular weight is 236 g/mol. The lowest BCUT2D eigenvalue weighted by molar-refractivity contribution is -0.555. The van der Waals surface area contributed by atoms with Gasteiger partial charge in [0.05, 0.1) is 23.7 Å². The maximum Gasteiger partial charge on any atom is 0.277 e. The third-order valence-electron chi connectivity index (χ3n) is 2.18. The quantitative estimate of drug-likeness (QED) is 0.574. The Kier molecular flexibility index (Phi) is 4.36. The van der Waals surface area contributed by atoms with Crippen LogP contribution in [0.25, 0.3) is 6.08 Å². The van der Waals surface area contributed by atoms with E-state index in [0.29, 0.717) is 5.56 Å². The lowest BCUT2D eigenvalue weighted by atomic mass is 10.1. The fourth-order valence-electron chi connectivity index (χ4n) is 1.33. The monoisotopic (exact) mass is 236 g/mol. The van der Waals surface area contributed by atoms with Gasteiger partial charge in [-0.25, -0.2) is 0 Å². The molecular weight excluding hydrogens is 222 g/mol. The van der Waals surface area contributed by atoms with E-state index >= 15 is 0 Å². The highest BCUT2D eigenvalue weighted by molar-refractivity contribution is 5.95. The molecule has 0 heterocycles. The van der Waals surface area contributed by atoms with Gasteiger partial charge >= 0.3 is 0 Å². The fourth-order valence-corrected chi connectivity index (χ4v) is 1.33. The van der Waals surface area contributed by atoms with Crippen LogP contribution >= 0.6 is 0 Å². The molecule has 0 aliphatic rings. The van der Waals surface area contributed by atoms with Crippen molar-refractivity contribution in [3.8, 4) is 0 Å². The van der Waals surface area contributed by atoms with Crippen LogP contribution in [-0.4, -0.2) is 24.9 Å². The van der Waals surface area contributed by atoms with Crippen LogP contribution in [0.3, 0.4) is 0 Å². The smallest absolute Gasteiger partial charge is 0.277 e. The molecule has 3 N–H and O–H groups in total. The Morgan fingerprint density at radius 3 is 2.76 bits per heavy atom. The van der Waals surface area contributed by atoms with Crippen LogP contribution in [0.5, 0.6) is 0 Å². The molecule has 0 atom stereocenters. The topological polar surface area (TPSA) is 88.8 Å². The van der Waals surface area contributed by atoms with E-state index < -0.39 is 4.92 Å². The second kappa shape index (κ2) is 5.76. The molecule has 1 aromatic carbocycles. The summed E-state index contributed by atoms with van der Waals surface area (Å²) < 4.78 is 0. The number of quaternary nitrogens is 1. The van der Waals surface area contributed by atoms with Crippen molar-refractivity contribution in [2.45, 2.75) is 0 Å². The summed E-state index contributed by atoms with van der Waals surface area (Å²) in [6.07, 6.45) is 3.34. The molecule has 0 spiro atoms. The van der Waals surface area contributed by atoms with Crippen LogP contribution in [-0.2, 0) is 0 Å².